The highest BCUT2D eigenvalue weighted by Crippen LogP contribution is 2.32. The Labute approximate surface area is 149 Å². The lowest BCUT2D eigenvalue weighted by atomic mass is 9.93. The van der Waals surface area contributed by atoms with Crippen molar-refractivity contribution < 1.29 is 9.53 Å². The number of hydrogen-bond acceptors (Lipinski definition) is 3. The van der Waals surface area contributed by atoms with Gasteiger partial charge in [-0.1, -0.05) is 12.1 Å². The van der Waals surface area contributed by atoms with Crippen LogP contribution in [0.1, 0.15) is 22.7 Å². The van der Waals surface area contributed by atoms with Crippen LogP contribution in [0.5, 0.6) is 0 Å². The van der Waals surface area contributed by atoms with Crippen LogP contribution in [-0.4, -0.2) is 42.7 Å². The van der Waals surface area contributed by atoms with Gasteiger partial charge in [0.2, 0.25) is 0 Å². The van der Waals surface area contributed by atoms with Crippen LogP contribution in [0.25, 0.3) is 0 Å². The second kappa shape index (κ2) is 7.66. The summed E-state index contributed by atoms with van der Waals surface area (Å²) in [5.41, 5.74) is 4.14. The number of likely N-dealkylation sites (tertiary alicyclic amines) is 1. The summed E-state index contributed by atoms with van der Waals surface area (Å²) in [7, 11) is 1.70. The largest absolute Gasteiger partial charge is 0.384 e. The van der Waals surface area contributed by atoms with Crippen molar-refractivity contribution in [3.8, 4) is 0 Å². The van der Waals surface area contributed by atoms with E-state index < -0.39 is 0 Å². The lowest BCUT2D eigenvalue weighted by Gasteiger charge is -2.18. The highest BCUT2D eigenvalue weighted by atomic mass is 16.5. The summed E-state index contributed by atoms with van der Waals surface area (Å²) in [5, 5.41) is 3.03. The summed E-state index contributed by atoms with van der Waals surface area (Å²) in [6, 6.07) is 11.9. The molecule has 3 rings (SSSR count). The highest BCUT2D eigenvalue weighted by Gasteiger charge is 2.36. The van der Waals surface area contributed by atoms with Crippen LogP contribution in [0.4, 0.5) is 10.5 Å². The molecule has 5 nitrogen and oxygen atoms in total. The fraction of sp³-hybridized carbons (Fsp3) is 0.400. The van der Waals surface area contributed by atoms with Crippen molar-refractivity contribution >= 4 is 11.7 Å². The Bertz CT molecular complexity index is 713. The minimum absolute atomic E-state index is 0.0652. The molecule has 2 aromatic rings. The van der Waals surface area contributed by atoms with Crippen molar-refractivity contribution in [1.29, 1.82) is 0 Å². The number of ether oxygens (including phenoxy) is 1. The van der Waals surface area contributed by atoms with Crippen molar-refractivity contribution in [2.75, 3.05) is 32.1 Å². The van der Waals surface area contributed by atoms with Crippen LogP contribution in [0, 0.1) is 19.8 Å². The molecule has 0 spiro atoms. The molecule has 1 aromatic heterocycles. The third kappa shape index (κ3) is 4.17. The van der Waals surface area contributed by atoms with Gasteiger partial charge in [-0.15, -0.1) is 0 Å². The average molecular weight is 339 g/mol. The first-order valence-corrected chi connectivity index (χ1v) is 8.61. The first kappa shape index (κ1) is 17.4. The summed E-state index contributed by atoms with van der Waals surface area (Å²) in [5.74, 6) is 0.455. The molecule has 0 unspecified atom stereocenters. The number of benzene rings is 1. The van der Waals surface area contributed by atoms with Crippen LogP contribution in [0.2, 0.25) is 0 Å². The Kier molecular flexibility index (Phi) is 5.34. The molecule has 2 amide bonds. The maximum atomic E-state index is 12.7. The number of anilines is 1. The van der Waals surface area contributed by atoms with Crippen LogP contribution < -0.4 is 5.32 Å². The molecule has 0 radical (unpaired) electrons. The van der Waals surface area contributed by atoms with Gasteiger partial charge in [-0.05, 0) is 49.2 Å². The maximum absolute atomic E-state index is 12.7. The molecule has 5 heteroatoms. The lowest BCUT2D eigenvalue weighted by Crippen LogP contribution is -2.33. The number of rotatable bonds is 4. The SMILES string of the molecule is COC[C@@H]1CN(C(=O)Nc2cc(C)cc(C)c2)C[C@H]1c1ccccn1. The number of aryl methyl sites for hydroxylation is 2. The number of nitrogens with zero attached hydrogens (tertiary/aromatic N) is 2. The molecule has 0 bridgehead atoms. The van der Waals surface area contributed by atoms with Crippen molar-refractivity contribution in [3.63, 3.8) is 0 Å². The summed E-state index contributed by atoms with van der Waals surface area (Å²) in [6.45, 7) is 6.01. The standard InChI is InChI=1S/C20H25N3O2/c1-14-8-15(2)10-17(9-14)22-20(24)23-11-16(13-25-3)18(12-23)19-6-4-5-7-21-19/h4-10,16,18H,11-13H2,1-3H3,(H,22,24)/t16-,18+/m0/s1. The van der Waals surface area contributed by atoms with Gasteiger partial charge in [0.15, 0.2) is 0 Å². The molecule has 1 N–H and O–H groups in total. The third-order valence-corrected chi connectivity index (χ3v) is 4.65. The molecule has 0 saturated carbocycles. The van der Waals surface area contributed by atoms with E-state index in [9.17, 15) is 4.79 Å². The molecule has 2 atom stereocenters. The lowest BCUT2D eigenvalue weighted by molar-refractivity contribution is 0.148. The predicted octanol–water partition coefficient (Wildman–Crippen LogP) is 3.59. The Morgan fingerprint density at radius 3 is 2.64 bits per heavy atom. The minimum Gasteiger partial charge on any atom is -0.384 e. The summed E-state index contributed by atoms with van der Waals surface area (Å²) in [6.07, 6.45) is 1.80. The van der Waals surface area contributed by atoms with E-state index in [-0.39, 0.29) is 17.9 Å². The molecule has 25 heavy (non-hydrogen) atoms. The van der Waals surface area contributed by atoms with E-state index in [1.165, 1.54) is 0 Å². The zero-order chi connectivity index (χ0) is 17.8. The molecule has 132 valence electrons. The van der Waals surface area contributed by atoms with Gasteiger partial charge in [0.1, 0.15) is 0 Å². The molecular formula is C20H25N3O2. The van der Waals surface area contributed by atoms with Gasteiger partial charge in [0.05, 0.1) is 6.61 Å². The number of methoxy groups -OCH3 is 1. The number of amides is 2. The molecule has 1 saturated heterocycles. The minimum atomic E-state index is -0.0652. The predicted molar refractivity (Wildman–Crippen MR) is 98.9 cm³/mol. The van der Waals surface area contributed by atoms with Crippen LogP contribution in [-0.2, 0) is 4.74 Å². The van der Waals surface area contributed by atoms with Gasteiger partial charge in [-0.3, -0.25) is 4.98 Å². The van der Waals surface area contributed by atoms with E-state index in [1.54, 1.807) is 13.3 Å². The molecule has 1 aliphatic rings. The molecular weight excluding hydrogens is 314 g/mol. The van der Waals surface area contributed by atoms with Crippen molar-refractivity contribution in [3.05, 3.63) is 59.4 Å². The number of carbonyl (C=O) groups excluding carboxylic acids is 1. The molecule has 2 heterocycles. The molecule has 0 aliphatic carbocycles. The maximum Gasteiger partial charge on any atom is 0.321 e. The number of nitrogens with one attached hydrogen (secondary N) is 1. The molecule has 1 fully saturated rings. The zero-order valence-corrected chi connectivity index (χ0v) is 15.0. The number of hydrogen-bond donors (Lipinski definition) is 1. The monoisotopic (exact) mass is 339 g/mol. The first-order chi connectivity index (χ1) is 12.1. The molecule has 1 aromatic carbocycles. The van der Waals surface area contributed by atoms with E-state index in [0.29, 0.717) is 19.7 Å². The van der Waals surface area contributed by atoms with Crippen molar-refractivity contribution in [2.45, 2.75) is 19.8 Å². The number of carbonyl (C=O) groups is 1. The van der Waals surface area contributed by atoms with Crippen molar-refractivity contribution in [2.24, 2.45) is 5.92 Å². The Hall–Kier alpha value is -2.40. The molecule has 1 aliphatic heterocycles. The smallest absolute Gasteiger partial charge is 0.321 e. The zero-order valence-electron chi connectivity index (χ0n) is 15.0. The van der Waals surface area contributed by atoms with E-state index in [2.05, 4.69) is 16.4 Å². The summed E-state index contributed by atoms with van der Waals surface area (Å²) < 4.78 is 5.37. The Morgan fingerprint density at radius 2 is 2.00 bits per heavy atom. The Balaban J connectivity index is 1.73. The topological polar surface area (TPSA) is 54.5 Å². The second-order valence-electron chi connectivity index (χ2n) is 6.79. The summed E-state index contributed by atoms with van der Waals surface area (Å²) in [4.78, 5) is 19.1. The number of pyridine rings is 1. The van der Waals surface area contributed by atoms with Crippen LogP contribution >= 0.6 is 0 Å². The normalized spacial score (nSPS) is 19.9. The van der Waals surface area contributed by atoms with E-state index >= 15 is 0 Å². The fourth-order valence-electron chi connectivity index (χ4n) is 3.60. The van der Waals surface area contributed by atoms with Crippen LogP contribution in [0.3, 0.4) is 0 Å². The van der Waals surface area contributed by atoms with Gasteiger partial charge in [0.25, 0.3) is 0 Å². The van der Waals surface area contributed by atoms with E-state index in [1.807, 2.05) is 49.1 Å². The van der Waals surface area contributed by atoms with E-state index in [4.69, 9.17) is 4.74 Å². The van der Waals surface area contributed by atoms with Gasteiger partial charge in [-0.25, -0.2) is 4.79 Å². The van der Waals surface area contributed by atoms with Gasteiger partial charge in [-0.2, -0.15) is 0 Å². The third-order valence-electron chi connectivity index (χ3n) is 4.65. The average Bonchev–Trinajstić information content (AvgIpc) is 2.99. The van der Waals surface area contributed by atoms with Crippen LogP contribution in [0.15, 0.2) is 42.6 Å². The van der Waals surface area contributed by atoms with E-state index in [0.717, 1.165) is 22.5 Å². The number of aromatic nitrogens is 1. The van der Waals surface area contributed by atoms with Gasteiger partial charge < -0.3 is 15.0 Å². The quantitative estimate of drug-likeness (QED) is 0.926. The Morgan fingerprint density at radius 1 is 1.24 bits per heavy atom. The first-order valence-electron chi connectivity index (χ1n) is 8.61. The fourth-order valence-corrected chi connectivity index (χ4v) is 3.60. The van der Waals surface area contributed by atoms with Gasteiger partial charge in [0, 0.05) is 49.6 Å². The highest BCUT2D eigenvalue weighted by molar-refractivity contribution is 5.89. The van der Waals surface area contributed by atoms with Crippen molar-refractivity contribution in [1.82, 2.24) is 9.88 Å². The van der Waals surface area contributed by atoms with Gasteiger partial charge >= 0.3 is 6.03 Å². The summed E-state index contributed by atoms with van der Waals surface area (Å²) >= 11 is 0. The second-order valence-corrected chi connectivity index (χ2v) is 6.79. The number of urea groups is 1.